The maximum Gasteiger partial charge on any atom is 0.416 e. The highest BCUT2D eigenvalue weighted by atomic mass is 19.4. The van der Waals surface area contributed by atoms with Crippen LogP contribution in [0.3, 0.4) is 0 Å². The molecule has 1 aromatic heterocycles. The number of nitrogens with two attached hydrogens (primary N) is 1. The van der Waals surface area contributed by atoms with E-state index in [0.717, 1.165) is 36.4 Å². The number of esters is 1. The van der Waals surface area contributed by atoms with E-state index in [4.69, 9.17) is 15.2 Å². The maximum absolute atomic E-state index is 13.9. The van der Waals surface area contributed by atoms with Crippen molar-refractivity contribution in [1.82, 2.24) is 9.97 Å². The Bertz CT molecular complexity index is 1700. The molecule has 50 heavy (non-hydrogen) atoms. The molecule has 0 aliphatic carbocycles. The molecular formula is C32H31F9N4O5. The first-order valence-corrected chi connectivity index (χ1v) is 15.0. The zero-order chi connectivity index (χ0) is 37.2. The number of anilines is 1. The molecule has 4 rings (SSSR count). The van der Waals surface area contributed by atoms with Gasteiger partial charge in [-0.3, -0.25) is 9.69 Å². The van der Waals surface area contributed by atoms with Gasteiger partial charge in [0.15, 0.2) is 5.75 Å². The van der Waals surface area contributed by atoms with E-state index in [1.54, 1.807) is 6.92 Å². The minimum atomic E-state index is -5.15. The zero-order valence-electron chi connectivity index (χ0n) is 26.7. The summed E-state index contributed by atoms with van der Waals surface area (Å²) < 4.78 is 139. The van der Waals surface area contributed by atoms with Gasteiger partial charge in [-0.05, 0) is 67.3 Å². The first-order chi connectivity index (χ1) is 23.2. The van der Waals surface area contributed by atoms with E-state index in [0.29, 0.717) is 12.1 Å². The number of carbonyl (C=O) groups excluding carboxylic acids is 2. The fraction of sp³-hybridized carbons (Fsp3) is 0.438. The standard InChI is InChI=1S/C32H31F9N4O5/c1-4-29(42)15-22(21-14-18(30(33,34)35)6-7-24(21)45(29)28(47)49-5-2)27-43-16-25(50-9-8-26(46)48-3)23(44-27)12-17-10-19(31(36,37)38)13-20(11-17)32(39,40)41/h6-7,10-11,13-14,16,22H,4-5,8-9,12,15,42H2,1-3H3/t22-,29+/m0/s1. The van der Waals surface area contributed by atoms with Gasteiger partial charge in [-0.25, -0.2) is 14.8 Å². The number of benzene rings is 2. The Morgan fingerprint density at radius 3 is 2.10 bits per heavy atom. The predicted molar refractivity (Wildman–Crippen MR) is 158 cm³/mol. The number of rotatable bonds is 9. The van der Waals surface area contributed by atoms with E-state index >= 15 is 0 Å². The summed E-state index contributed by atoms with van der Waals surface area (Å²) in [6.07, 6.45) is -16.2. The van der Waals surface area contributed by atoms with Crippen LogP contribution in [0.4, 0.5) is 50.0 Å². The van der Waals surface area contributed by atoms with Crippen LogP contribution in [-0.2, 0) is 39.2 Å². The summed E-state index contributed by atoms with van der Waals surface area (Å²) >= 11 is 0. The van der Waals surface area contributed by atoms with Gasteiger partial charge in [-0.15, -0.1) is 0 Å². The lowest BCUT2D eigenvalue weighted by Crippen LogP contribution is -2.61. The Hall–Kier alpha value is -4.61. The monoisotopic (exact) mass is 722 g/mol. The van der Waals surface area contributed by atoms with Gasteiger partial charge in [0.05, 0.1) is 61.0 Å². The summed E-state index contributed by atoms with van der Waals surface area (Å²) in [6.45, 7) is 2.71. The van der Waals surface area contributed by atoms with Crippen LogP contribution >= 0.6 is 0 Å². The number of hydrogen-bond donors (Lipinski definition) is 1. The number of ether oxygens (including phenoxy) is 3. The number of hydrogen-bond acceptors (Lipinski definition) is 8. The van der Waals surface area contributed by atoms with Gasteiger partial charge < -0.3 is 19.9 Å². The van der Waals surface area contributed by atoms with E-state index in [-0.39, 0.29) is 67.1 Å². The van der Waals surface area contributed by atoms with E-state index in [1.807, 2.05) is 0 Å². The third kappa shape index (κ3) is 8.39. The van der Waals surface area contributed by atoms with E-state index < -0.39 is 70.8 Å². The van der Waals surface area contributed by atoms with E-state index in [1.165, 1.54) is 6.92 Å². The van der Waals surface area contributed by atoms with E-state index in [2.05, 4.69) is 14.7 Å². The molecule has 0 saturated carbocycles. The topological polar surface area (TPSA) is 117 Å². The van der Waals surface area contributed by atoms with Gasteiger partial charge in [-0.2, -0.15) is 39.5 Å². The number of methoxy groups -OCH3 is 1. The molecule has 0 unspecified atom stereocenters. The van der Waals surface area contributed by atoms with Crippen LogP contribution in [0.15, 0.2) is 42.6 Å². The number of carbonyl (C=O) groups is 2. The Labute approximate surface area is 279 Å². The fourth-order valence-corrected chi connectivity index (χ4v) is 5.51. The van der Waals surface area contributed by atoms with Crippen molar-refractivity contribution in [1.29, 1.82) is 0 Å². The third-order valence-corrected chi connectivity index (χ3v) is 8.01. The smallest absolute Gasteiger partial charge is 0.416 e. The van der Waals surface area contributed by atoms with Crippen LogP contribution in [0.5, 0.6) is 5.75 Å². The Morgan fingerprint density at radius 2 is 1.56 bits per heavy atom. The maximum atomic E-state index is 13.9. The van der Waals surface area contributed by atoms with Crippen molar-refractivity contribution in [2.75, 3.05) is 25.2 Å². The molecule has 1 amide bonds. The normalized spacial score (nSPS) is 18.0. The van der Waals surface area contributed by atoms with E-state index in [9.17, 15) is 49.1 Å². The third-order valence-electron chi connectivity index (χ3n) is 8.01. The van der Waals surface area contributed by atoms with Crippen LogP contribution in [0.1, 0.15) is 78.4 Å². The number of aromatic nitrogens is 2. The Kier molecular flexibility index (Phi) is 10.9. The largest absolute Gasteiger partial charge is 0.489 e. The quantitative estimate of drug-likeness (QED) is 0.177. The van der Waals surface area contributed by atoms with Crippen molar-refractivity contribution in [3.8, 4) is 5.75 Å². The van der Waals surface area contributed by atoms with Crippen molar-refractivity contribution >= 4 is 17.7 Å². The second-order valence-electron chi connectivity index (χ2n) is 11.3. The van der Waals surface area contributed by atoms with Gasteiger partial charge in [0, 0.05) is 12.3 Å². The molecule has 0 saturated heterocycles. The van der Waals surface area contributed by atoms with Crippen molar-refractivity contribution in [2.24, 2.45) is 5.73 Å². The fourth-order valence-electron chi connectivity index (χ4n) is 5.51. The summed E-state index contributed by atoms with van der Waals surface area (Å²) in [5, 5.41) is 0. The molecule has 9 nitrogen and oxygen atoms in total. The first-order valence-electron chi connectivity index (χ1n) is 15.0. The predicted octanol–water partition coefficient (Wildman–Crippen LogP) is 7.63. The minimum Gasteiger partial charge on any atom is -0.489 e. The highest BCUT2D eigenvalue weighted by Crippen LogP contribution is 2.47. The van der Waals surface area contributed by atoms with Gasteiger partial charge in [0.1, 0.15) is 11.5 Å². The van der Waals surface area contributed by atoms with Crippen LogP contribution in [-0.4, -0.2) is 48.0 Å². The first kappa shape index (κ1) is 38.2. The highest BCUT2D eigenvalue weighted by molar-refractivity contribution is 5.91. The lowest BCUT2D eigenvalue weighted by molar-refractivity contribution is -0.143. The highest BCUT2D eigenvalue weighted by Gasteiger charge is 2.47. The average molecular weight is 723 g/mol. The molecular weight excluding hydrogens is 691 g/mol. The number of fused-ring (bicyclic) bond motifs is 1. The molecule has 2 atom stereocenters. The Balaban J connectivity index is 1.91. The molecule has 2 N–H and O–H groups in total. The molecule has 0 radical (unpaired) electrons. The molecule has 18 heteroatoms. The summed E-state index contributed by atoms with van der Waals surface area (Å²) in [4.78, 5) is 34.4. The number of amides is 1. The summed E-state index contributed by atoms with van der Waals surface area (Å²) in [7, 11) is 1.11. The molecule has 3 aromatic rings. The lowest BCUT2D eigenvalue weighted by Gasteiger charge is -2.46. The number of nitrogens with zero attached hydrogens (tertiary/aromatic N) is 3. The van der Waals surface area contributed by atoms with Crippen molar-refractivity contribution in [3.05, 3.63) is 81.9 Å². The van der Waals surface area contributed by atoms with Gasteiger partial charge in [-0.1, -0.05) is 6.92 Å². The molecule has 1 aliphatic rings. The zero-order valence-corrected chi connectivity index (χ0v) is 26.7. The van der Waals surface area contributed by atoms with Crippen LogP contribution in [0.2, 0.25) is 0 Å². The van der Waals surface area contributed by atoms with Crippen LogP contribution in [0, 0.1) is 0 Å². The van der Waals surface area contributed by atoms with Gasteiger partial charge in [0.2, 0.25) is 0 Å². The second kappa shape index (κ2) is 14.3. The SMILES string of the molecule is CCOC(=O)N1c2ccc(C(F)(F)F)cc2[C@@H](c2ncc(OCCC(=O)OC)c(Cc3cc(C(F)(F)F)cc(C(F)(F)F)c3)n2)C[C@@]1(N)CC. The van der Waals surface area contributed by atoms with Crippen molar-refractivity contribution < 1.29 is 63.3 Å². The number of halogens is 9. The molecule has 0 fully saturated rings. The van der Waals surface area contributed by atoms with Crippen LogP contribution in [0.25, 0.3) is 0 Å². The summed E-state index contributed by atoms with van der Waals surface area (Å²) in [5.41, 5.74) is 0.00379. The summed E-state index contributed by atoms with van der Waals surface area (Å²) in [5.74, 6) is -2.30. The summed E-state index contributed by atoms with van der Waals surface area (Å²) in [6, 6.07) is 3.54. The lowest BCUT2D eigenvalue weighted by atomic mass is 9.80. The molecule has 0 spiro atoms. The molecule has 2 heterocycles. The van der Waals surface area contributed by atoms with Crippen molar-refractivity contribution in [3.63, 3.8) is 0 Å². The minimum absolute atomic E-state index is 0.0409. The second-order valence-corrected chi connectivity index (χ2v) is 11.3. The Morgan fingerprint density at radius 1 is 0.940 bits per heavy atom. The average Bonchev–Trinajstić information content (AvgIpc) is 3.03. The molecule has 1 aliphatic heterocycles. The number of alkyl halides is 9. The van der Waals surface area contributed by atoms with Gasteiger partial charge in [0.25, 0.3) is 0 Å². The van der Waals surface area contributed by atoms with Crippen molar-refractivity contribution in [2.45, 2.75) is 69.6 Å². The van der Waals surface area contributed by atoms with Crippen LogP contribution < -0.4 is 15.4 Å². The van der Waals surface area contributed by atoms with Gasteiger partial charge >= 0.3 is 30.6 Å². The molecule has 2 aromatic carbocycles. The molecule has 272 valence electrons. The molecule has 0 bridgehead atoms.